The van der Waals surface area contributed by atoms with Gasteiger partial charge in [0.25, 0.3) is 0 Å². The molecule has 142 valence electrons. The summed E-state index contributed by atoms with van der Waals surface area (Å²) in [5.74, 6) is 0.476. The maximum Gasteiger partial charge on any atom is 0.205 e. The number of nitrogens with zero attached hydrogens (tertiary/aromatic N) is 1. The summed E-state index contributed by atoms with van der Waals surface area (Å²) in [6.07, 6.45) is 1.65. The Morgan fingerprint density at radius 3 is 2.54 bits per heavy atom. The van der Waals surface area contributed by atoms with Gasteiger partial charge in [0.2, 0.25) is 5.88 Å². The molecule has 0 spiro atoms. The first-order chi connectivity index (χ1) is 13.4. The summed E-state index contributed by atoms with van der Waals surface area (Å²) in [4.78, 5) is 12.6. The lowest BCUT2D eigenvalue weighted by Gasteiger charge is -2.29. The third-order valence-electron chi connectivity index (χ3n) is 4.77. The molecule has 0 unspecified atom stereocenters. The number of hydrogen-bond donors (Lipinski definition) is 1. The summed E-state index contributed by atoms with van der Waals surface area (Å²) in [5, 5.41) is 10.7. The van der Waals surface area contributed by atoms with Gasteiger partial charge in [0.1, 0.15) is 28.9 Å². The van der Waals surface area contributed by atoms with Crippen molar-refractivity contribution in [3.8, 4) is 17.4 Å². The van der Waals surface area contributed by atoms with Crippen LogP contribution in [0.1, 0.15) is 30.9 Å². The van der Waals surface area contributed by atoms with Crippen molar-refractivity contribution in [2.24, 2.45) is 5.73 Å². The lowest BCUT2D eigenvalue weighted by Crippen LogP contribution is -2.27. The minimum atomic E-state index is -0.722. The Balaban J connectivity index is 1.85. The monoisotopic (exact) mass is 434 g/mol. The van der Waals surface area contributed by atoms with Gasteiger partial charge in [0.15, 0.2) is 5.78 Å². The van der Waals surface area contributed by atoms with E-state index in [9.17, 15) is 10.1 Å². The van der Waals surface area contributed by atoms with Gasteiger partial charge in [-0.15, -0.1) is 0 Å². The number of nitriles is 1. The van der Waals surface area contributed by atoms with Crippen LogP contribution < -0.4 is 5.73 Å². The lowest BCUT2D eigenvalue weighted by atomic mass is 9.80. The second kappa shape index (κ2) is 7.21. The molecular formula is C20H13Cl3N2O3. The Morgan fingerprint density at radius 2 is 1.86 bits per heavy atom. The first-order valence-corrected chi connectivity index (χ1v) is 9.62. The zero-order valence-electron chi connectivity index (χ0n) is 14.4. The van der Waals surface area contributed by atoms with Crippen LogP contribution in [0.2, 0.25) is 15.1 Å². The van der Waals surface area contributed by atoms with E-state index in [0.29, 0.717) is 62.7 Å². The molecule has 1 aliphatic carbocycles. The molecule has 1 aliphatic heterocycles. The molecule has 1 aromatic heterocycles. The predicted octanol–water partition coefficient (Wildman–Crippen LogP) is 5.72. The minimum absolute atomic E-state index is 0.0125. The van der Waals surface area contributed by atoms with E-state index in [1.807, 2.05) is 6.07 Å². The Bertz CT molecular complexity index is 1090. The SMILES string of the molecule is N#CC1=C(N)OC2=C(C(=O)CCC2)[C@@H]1c1ccc(-c2c(Cl)cc(Cl)cc2Cl)o1. The molecule has 5 nitrogen and oxygen atoms in total. The number of allylic oxidation sites excluding steroid dienone is 3. The van der Waals surface area contributed by atoms with E-state index < -0.39 is 5.92 Å². The number of Topliss-reactive ketones (excluding diaryl/α,β-unsaturated/α-hetero) is 1. The van der Waals surface area contributed by atoms with E-state index >= 15 is 0 Å². The quantitative estimate of drug-likeness (QED) is 0.651. The zero-order valence-corrected chi connectivity index (χ0v) is 16.7. The Morgan fingerprint density at radius 1 is 1.14 bits per heavy atom. The Labute approximate surface area is 175 Å². The highest BCUT2D eigenvalue weighted by atomic mass is 35.5. The van der Waals surface area contributed by atoms with E-state index in [-0.39, 0.29) is 17.2 Å². The molecule has 8 heteroatoms. The van der Waals surface area contributed by atoms with Crippen molar-refractivity contribution in [2.45, 2.75) is 25.2 Å². The van der Waals surface area contributed by atoms with E-state index in [2.05, 4.69) is 0 Å². The summed E-state index contributed by atoms with van der Waals surface area (Å²) in [6.45, 7) is 0. The second-order valence-electron chi connectivity index (χ2n) is 6.48. The van der Waals surface area contributed by atoms with Gasteiger partial charge >= 0.3 is 0 Å². The zero-order chi connectivity index (χ0) is 20.0. The number of halogens is 3. The molecule has 0 saturated heterocycles. The third-order valence-corrected chi connectivity index (χ3v) is 5.58. The maximum absolute atomic E-state index is 12.6. The minimum Gasteiger partial charge on any atom is -0.460 e. The van der Waals surface area contributed by atoms with Gasteiger partial charge in [-0.05, 0) is 30.7 Å². The Hall–Kier alpha value is -2.39. The Kier molecular flexibility index (Phi) is 4.88. The molecule has 0 radical (unpaired) electrons. The summed E-state index contributed by atoms with van der Waals surface area (Å²) >= 11 is 18.5. The van der Waals surface area contributed by atoms with Gasteiger partial charge in [0.05, 0.1) is 21.5 Å². The number of rotatable bonds is 2. The average molecular weight is 436 g/mol. The summed E-state index contributed by atoms with van der Waals surface area (Å²) in [6, 6.07) is 8.54. The van der Waals surface area contributed by atoms with Crippen molar-refractivity contribution in [3.63, 3.8) is 0 Å². The summed E-state index contributed by atoms with van der Waals surface area (Å²) in [7, 11) is 0. The van der Waals surface area contributed by atoms with Crippen LogP contribution in [0.5, 0.6) is 0 Å². The molecule has 28 heavy (non-hydrogen) atoms. The third kappa shape index (κ3) is 3.08. The van der Waals surface area contributed by atoms with Crippen molar-refractivity contribution in [2.75, 3.05) is 0 Å². The highest BCUT2D eigenvalue weighted by molar-refractivity contribution is 6.41. The van der Waals surface area contributed by atoms with Crippen LogP contribution in [0.3, 0.4) is 0 Å². The van der Waals surface area contributed by atoms with E-state index in [4.69, 9.17) is 49.7 Å². The molecule has 2 N–H and O–H groups in total. The number of ether oxygens (including phenoxy) is 1. The van der Waals surface area contributed by atoms with Crippen LogP contribution >= 0.6 is 34.8 Å². The molecule has 0 fully saturated rings. The van der Waals surface area contributed by atoms with Crippen LogP contribution in [0, 0.1) is 11.3 Å². The van der Waals surface area contributed by atoms with Crippen LogP contribution in [-0.4, -0.2) is 5.78 Å². The van der Waals surface area contributed by atoms with Crippen molar-refractivity contribution < 1.29 is 13.9 Å². The smallest absolute Gasteiger partial charge is 0.205 e. The van der Waals surface area contributed by atoms with Crippen LogP contribution in [0.15, 0.2) is 51.5 Å². The fourth-order valence-electron chi connectivity index (χ4n) is 3.56. The molecule has 2 heterocycles. The standard InChI is InChI=1S/C20H13Cl3N2O3/c21-9-6-11(22)18(12(23)7-9)16-5-4-15(27-16)17-10(8-24)20(25)28-14-3-1-2-13(26)19(14)17/h4-7,17H,1-3,25H2/t17-/m0/s1. The first kappa shape index (κ1) is 18.9. The number of ketones is 1. The molecule has 1 aromatic carbocycles. The van der Waals surface area contributed by atoms with Gasteiger partial charge < -0.3 is 14.9 Å². The fourth-order valence-corrected chi connectivity index (χ4v) is 4.56. The van der Waals surface area contributed by atoms with Crippen molar-refractivity contribution in [1.29, 1.82) is 5.26 Å². The van der Waals surface area contributed by atoms with Crippen LogP contribution in [0.4, 0.5) is 0 Å². The van der Waals surface area contributed by atoms with Crippen LogP contribution in [-0.2, 0) is 9.53 Å². The number of benzene rings is 1. The lowest BCUT2D eigenvalue weighted by molar-refractivity contribution is -0.116. The molecule has 0 saturated carbocycles. The number of furan rings is 1. The fraction of sp³-hybridized carbons (Fsp3) is 0.200. The average Bonchev–Trinajstić information content (AvgIpc) is 3.09. The number of nitrogens with two attached hydrogens (primary N) is 1. The van der Waals surface area contributed by atoms with Gasteiger partial charge in [-0.3, -0.25) is 4.79 Å². The maximum atomic E-state index is 12.6. The van der Waals surface area contributed by atoms with Gasteiger partial charge in [-0.2, -0.15) is 5.26 Å². The molecule has 2 aliphatic rings. The summed E-state index contributed by atoms with van der Waals surface area (Å²) < 4.78 is 11.5. The molecule has 4 rings (SSSR count). The number of carbonyl (C=O) groups excluding carboxylic acids is 1. The number of hydrogen-bond acceptors (Lipinski definition) is 5. The topological polar surface area (TPSA) is 89.3 Å². The molecule has 0 amide bonds. The van der Waals surface area contributed by atoms with E-state index in [0.717, 1.165) is 0 Å². The highest BCUT2D eigenvalue weighted by Crippen LogP contribution is 2.45. The van der Waals surface area contributed by atoms with Gasteiger partial charge in [0, 0.05) is 23.4 Å². The molecule has 2 aromatic rings. The van der Waals surface area contributed by atoms with Gasteiger partial charge in [-0.25, -0.2) is 0 Å². The summed E-state index contributed by atoms with van der Waals surface area (Å²) in [5.41, 5.74) is 6.99. The van der Waals surface area contributed by atoms with E-state index in [1.165, 1.54) is 0 Å². The van der Waals surface area contributed by atoms with Crippen LogP contribution in [0.25, 0.3) is 11.3 Å². The predicted molar refractivity (Wildman–Crippen MR) is 106 cm³/mol. The highest BCUT2D eigenvalue weighted by Gasteiger charge is 2.39. The largest absolute Gasteiger partial charge is 0.460 e. The normalized spacial score (nSPS) is 19.4. The molecule has 0 bridgehead atoms. The van der Waals surface area contributed by atoms with E-state index in [1.54, 1.807) is 24.3 Å². The molecular weight excluding hydrogens is 423 g/mol. The molecule has 1 atom stereocenters. The van der Waals surface area contributed by atoms with Crippen molar-refractivity contribution in [3.05, 3.63) is 67.9 Å². The first-order valence-electron chi connectivity index (χ1n) is 8.49. The van der Waals surface area contributed by atoms with Gasteiger partial charge in [-0.1, -0.05) is 34.8 Å². The van der Waals surface area contributed by atoms with Crippen molar-refractivity contribution >= 4 is 40.6 Å². The second-order valence-corrected chi connectivity index (χ2v) is 7.74. The van der Waals surface area contributed by atoms with Crippen molar-refractivity contribution in [1.82, 2.24) is 0 Å². The number of carbonyl (C=O) groups is 1.